The van der Waals surface area contributed by atoms with Crippen LogP contribution in [0.1, 0.15) is 32.3 Å². The number of rotatable bonds is 8. The molecule has 0 aliphatic carbocycles. The van der Waals surface area contributed by atoms with Crippen LogP contribution in [-0.2, 0) is 30.5 Å². The van der Waals surface area contributed by atoms with Crippen molar-refractivity contribution in [3.05, 3.63) is 73.4 Å². The lowest BCUT2D eigenvalue weighted by molar-refractivity contribution is -0.140. The molecule has 0 saturated heterocycles. The highest BCUT2D eigenvalue weighted by Crippen LogP contribution is 2.02. The molecule has 6 nitrogen and oxygen atoms in total. The highest BCUT2D eigenvalue weighted by Gasteiger charge is 2.02. The fourth-order valence-electron chi connectivity index (χ4n) is 1.22. The third-order valence-electron chi connectivity index (χ3n) is 2.64. The first-order valence-corrected chi connectivity index (χ1v) is 8.29. The summed E-state index contributed by atoms with van der Waals surface area (Å²) >= 11 is 0. The summed E-state index contributed by atoms with van der Waals surface area (Å²) in [5.41, 5.74) is 1.41. The Balaban J connectivity index is 0. The second kappa shape index (κ2) is 17.7. The van der Waals surface area contributed by atoms with Gasteiger partial charge in [0.15, 0.2) is 0 Å². The molecule has 1 rings (SSSR count). The molecule has 0 spiro atoms. The van der Waals surface area contributed by atoms with Gasteiger partial charge in [0.2, 0.25) is 0 Å². The van der Waals surface area contributed by atoms with Gasteiger partial charge < -0.3 is 14.6 Å². The summed E-state index contributed by atoms with van der Waals surface area (Å²) in [6.45, 7) is 14.2. The molecule has 0 amide bonds. The van der Waals surface area contributed by atoms with Crippen LogP contribution in [0.4, 0.5) is 0 Å². The van der Waals surface area contributed by atoms with E-state index in [0.29, 0.717) is 18.8 Å². The maximum Gasteiger partial charge on any atom is 0.333 e. The molecule has 27 heavy (non-hydrogen) atoms. The van der Waals surface area contributed by atoms with Crippen LogP contribution >= 0.6 is 0 Å². The van der Waals surface area contributed by atoms with Gasteiger partial charge in [-0.25, -0.2) is 14.4 Å². The first-order valence-electron chi connectivity index (χ1n) is 8.29. The third kappa shape index (κ3) is 19.0. The molecule has 0 radical (unpaired) electrons. The standard InChI is InChI=1S/C11H12O2.C7H12O2.C3H4O2/c1-9(2)11(12)13-8-10-6-4-3-5-7-10;1-3-5-6-9-7(8)4-2;1-2-3(4)5/h3-7H,1,8H2,2H3;4H,2-3,5-6H2,1H3;2H,1H2,(H,4,5). The van der Waals surface area contributed by atoms with Crippen LogP contribution in [0, 0.1) is 0 Å². The van der Waals surface area contributed by atoms with Gasteiger partial charge in [-0.3, -0.25) is 0 Å². The van der Waals surface area contributed by atoms with E-state index in [1.807, 2.05) is 37.3 Å². The Bertz CT molecular complexity index is 604. The van der Waals surface area contributed by atoms with Gasteiger partial charge in [-0.15, -0.1) is 0 Å². The smallest absolute Gasteiger partial charge is 0.333 e. The fourth-order valence-corrected chi connectivity index (χ4v) is 1.22. The largest absolute Gasteiger partial charge is 0.478 e. The van der Waals surface area contributed by atoms with Crippen LogP contribution in [0.15, 0.2) is 67.8 Å². The van der Waals surface area contributed by atoms with E-state index in [1.165, 1.54) is 6.08 Å². The van der Waals surface area contributed by atoms with Crippen LogP contribution in [-0.4, -0.2) is 29.6 Å². The van der Waals surface area contributed by atoms with Gasteiger partial charge in [-0.1, -0.05) is 63.4 Å². The van der Waals surface area contributed by atoms with Crippen molar-refractivity contribution in [1.82, 2.24) is 0 Å². The number of hydrogen-bond donors (Lipinski definition) is 1. The van der Waals surface area contributed by atoms with E-state index in [4.69, 9.17) is 9.84 Å². The summed E-state index contributed by atoms with van der Waals surface area (Å²) in [6, 6.07) is 9.55. The van der Waals surface area contributed by atoms with Crippen LogP contribution in [0.25, 0.3) is 0 Å². The molecule has 0 atom stereocenters. The van der Waals surface area contributed by atoms with E-state index in [1.54, 1.807) is 6.92 Å². The van der Waals surface area contributed by atoms with Crippen LogP contribution in [0.2, 0.25) is 0 Å². The molecule has 0 aromatic heterocycles. The first-order chi connectivity index (χ1) is 12.8. The maximum absolute atomic E-state index is 11.0. The SMILES string of the molecule is C=C(C)C(=O)OCc1ccccc1.C=CC(=O)O.C=CC(=O)OCCCC. The Morgan fingerprint density at radius 3 is 2.04 bits per heavy atom. The highest BCUT2D eigenvalue weighted by atomic mass is 16.5. The Labute approximate surface area is 160 Å². The Morgan fingerprint density at radius 1 is 1.07 bits per heavy atom. The lowest BCUT2D eigenvalue weighted by Crippen LogP contribution is -2.04. The minimum atomic E-state index is -0.981. The normalized spacial score (nSPS) is 8.52. The van der Waals surface area contributed by atoms with Gasteiger partial charge in [0.05, 0.1) is 6.61 Å². The fraction of sp³-hybridized carbons (Fsp3) is 0.286. The van der Waals surface area contributed by atoms with E-state index in [9.17, 15) is 14.4 Å². The van der Waals surface area contributed by atoms with E-state index < -0.39 is 5.97 Å². The lowest BCUT2D eigenvalue weighted by Gasteiger charge is -2.03. The van der Waals surface area contributed by atoms with Gasteiger partial charge in [-0.05, 0) is 18.9 Å². The van der Waals surface area contributed by atoms with Crippen LogP contribution < -0.4 is 0 Å². The molecule has 1 aromatic rings. The monoisotopic (exact) mass is 376 g/mol. The molecule has 1 N–H and O–H groups in total. The van der Waals surface area contributed by atoms with Crippen molar-refractivity contribution in [1.29, 1.82) is 0 Å². The van der Waals surface area contributed by atoms with Gasteiger partial charge >= 0.3 is 17.9 Å². The van der Waals surface area contributed by atoms with Crippen molar-refractivity contribution in [2.75, 3.05) is 6.61 Å². The van der Waals surface area contributed by atoms with Gasteiger partial charge in [-0.2, -0.15) is 0 Å². The molecule has 0 saturated carbocycles. The van der Waals surface area contributed by atoms with Crippen LogP contribution in [0.3, 0.4) is 0 Å². The number of aliphatic carboxylic acids is 1. The number of esters is 2. The molecule has 1 aromatic carbocycles. The highest BCUT2D eigenvalue weighted by molar-refractivity contribution is 5.86. The van der Waals surface area contributed by atoms with Crippen molar-refractivity contribution in [2.24, 2.45) is 0 Å². The summed E-state index contributed by atoms with van der Waals surface area (Å²) in [7, 11) is 0. The zero-order valence-electron chi connectivity index (χ0n) is 16.0. The lowest BCUT2D eigenvalue weighted by atomic mass is 10.2. The Morgan fingerprint density at radius 2 is 1.63 bits per heavy atom. The van der Waals surface area contributed by atoms with Crippen molar-refractivity contribution in [3.63, 3.8) is 0 Å². The molecular weight excluding hydrogens is 348 g/mol. The number of carboxylic acid groups (broad SMARTS) is 1. The number of carbonyl (C=O) groups excluding carboxylic acids is 2. The second-order valence-electron chi connectivity index (χ2n) is 5.11. The molecule has 0 fully saturated rings. The summed E-state index contributed by atoms with van der Waals surface area (Å²) < 4.78 is 9.63. The van der Waals surface area contributed by atoms with Gasteiger partial charge in [0.1, 0.15) is 6.61 Å². The minimum absolute atomic E-state index is 0.312. The van der Waals surface area contributed by atoms with Crippen molar-refractivity contribution < 1.29 is 29.0 Å². The average Bonchev–Trinajstić information content (AvgIpc) is 2.67. The topological polar surface area (TPSA) is 89.9 Å². The number of carbonyl (C=O) groups is 3. The summed E-state index contributed by atoms with van der Waals surface area (Å²) in [5, 5.41) is 7.60. The molecule has 0 bridgehead atoms. The molecule has 148 valence electrons. The van der Waals surface area contributed by atoms with Crippen molar-refractivity contribution in [2.45, 2.75) is 33.3 Å². The van der Waals surface area contributed by atoms with E-state index in [-0.39, 0.29) is 11.9 Å². The number of carboxylic acids is 1. The van der Waals surface area contributed by atoms with Gasteiger partial charge in [0.25, 0.3) is 0 Å². The zero-order valence-corrected chi connectivity index (χ0v) is 16.0. The molecule has 0 heterocycles. The summed E-state index contributed by atoms with van der Waals surface area (Å²) in [4.78, 5) is 30.6. The van der Waals surface area contributed by atoms with Crippen molar-refractivity contribution in [3.8, 4) is 0 Å². The molecule has 0 aliphatic heterocycles. The predicted molar refractivity (Wildman–Crippen MR) is 105 cm³/mol. The quantitative estimate of drug-likeness (QED) is 0.418. The van der Waals surface area contributed by atoms with E-state index in [0.717, 1.165) is 24.5 Å². The zero-order chi connectivity index (χ0) is 21.1. The number of hydrogen-bond acceptors (Lipinski definition) is 5. The predicted octanol–water partition coefficient (Wildman–Crippen LogP) is 4.08. The van der Waals surface area contributed by atoms with Gasteiger partial charge in [0, 0.05) is 17.7 Å². The Kier molecular flexibility index (Phi) is 17.1. The molecular formula is C21H28O6. The maximum atomic E-state index is 11.0. The molecule has 0 unspecified atom stereocenters. The molecule has 0 aliphatic rings. The van der Waals surface area contributed by atoms with E-state index >= 15 is 0 Å². The number of benzene rings is 1. The second-order valence-corrected chi connectivity index (χ2v) is 5.11. The average molecular weight is 376 g/mol. The first kappa shape index (κ1) is 26.1. The van der Waals surface area contributed by atoms with Crippen molar-refractivity contribution >= 4 is 17.9 Å². The minimum Gasteiger partial charge on any atom is -0.478 e. The van der Waals surface area contributed by atoms with Crippen LogP contribution in [0.5, 0.6) is 0 Å². The summed E-state index contributed by atoms with van der Waals surface area (Å²) in [6.07, 6.45) is 3.99. The molecule has 6 heteroatoms. The Hall–Kier alpha value is -3.15. The van der Waals surface area contributed by atoms with E-state index in [2.05, 4.69) is 24.5 Å². The number of ether oxygens (including phenoxy) is 2. The third-order valence-corrected chi connectivity index (χ3v) is 2.64. The summed E-state index contributed by atoms with van der Waals surface area (Å²) in [5.74, 6) is -1.66. The number of unbranched alkanes of at least 4 members (excludes halogenated alkanes) is 1.